The van der Waals surface area contributed by atoms with Crippen molar-refractivity contribution in [3.8, 4) is 17.0 Å². The first-order valence-corrected chi connectivity index (χ1v) is 22.4. The number of phenolic OH excluding ortho intramolecular Hbond substituents is 1. The second-order valence-electron chi connectivity index (χ2n) is 16.6. The topological polar surface area (TPSA) is 240 Å². The average molecular weight is 929 g/mol. The minimum atomic E-state index is 0.181. The van der Waals surface area contributed by atoms with Crippen molar-refractivity contribution >= 4 is 57.7 Å². The number of aryl methyl sites for hydroxylation is 2. The third-order valence-electron chi connectivity index (χ3n) is 12.0. The van der Waals surface area contributed by atoms with Crippen molar-refractivity contribution in [1.82, 2.24) is 64.8 Å². The molecule has 0 saturated carbocycles. The molecule has 9 rings (SSSR count). The zero-order valence-electron chi connectivity index (χ0n) is 37.5. The summed E-state index contributed by atoms with van der Waals surface area (Å²) in [5.74, 6) is 3.59. The third-order valence-corrected chi connectivity index (χ3v) is 12.3. The van der Waals surface area contributed by atoms with Crippen molar-refractivity contribution in [2.45, 2.75) is 52.0 Å². The Morgan fingerprint density at radius 3 is 1.57 bits per heavy atom. The number of benzene rings is 1. The van der Waals surface area contributed by atoms with Crippen LogP contribution in [-0.2, 0) is 27.2 Å². The second-order valence-corrected chi connectivity index (χ2v) is 17.4. The Kier molecular flexibility index (Phi) is 15.4. The SMILES string of the molecule is C[C@H]1CN(c2cc(-c3ccccc3O)nnc2N)CCN1Cc1nccn1C.C[C@H]1CN(c2cc(Cl)nnc2N)CCN1.C[C@H]1CN(c2cc(Cl)nnc2N)CCN1Cc1nccn1C. The summed E-state index contributed by atoms with van der Waals surface area (Å²) in [6.45, 7) is 16.3. The first-order chi connectivity index (χ1) is 31.2. The number of anilines is 6. The summed E-state index contributed by atoms with van der Waals surface area (Å²) < 4.78 is 4.12. The third kappa shape index (κ3) is 11.8. The van der Waals surface area contributed by atoms with Crippen LogP contribution in [0.1, 0.15) is 32.4 Å². The van der Waals surface area contributed by atoms with Crippen LogP contribution in [0.2, 0.25) is 10.3 Å². The molecule has 22 heteroatoms. The van der Waals surface area contributed by atoms with E-state index in [4.69, 9.17) is 40.4 Å². The highest BCUT2D eigenvalue weighted by Gasteiger charge is 2.28. The smallest absolute Gasteiger partial charge is 0.169 e. The van der Waals surface area contributed by atoms with Crippen LogP contribution >= 0.6 is 23.2 Å². The van der Waals surface area contributed by atoms with Gasteiger partial charge in [-0.15, -0.1) is 30.6 Å². The van der Waals surface area contributed by atoms with Crippen molar-refractivity contribution in [3.63, 3.8) is 0 Å². The maximum atomic E-state index is 10.1. The van der Waals surface area contributed by atoms with E-state index in [1.165, 1.54) is 0 Å². The lowest BCUT2D eigenvalue weighted by Crippen LogP contribution is -2.51. The van der Waals surface area contributed by atoms with Gasteiger partial charge in [0.1, 0.15) is 17.4 Å². The van der Waals surface area contributed by atoms with E-state index in [0.29, 0.717) is 57.1 Å². The van der Waals surface area contributed by atoms with Crippen molar-refractivity contribution in [3.05, 3.63) is 89.2 Å². The number of aromatic hydroxyl groups is 1. The Morgan fingerprint density at radius 1 is 0.631 bits per heavy atom. The normalized spacial score (nSPS) is 19.3. The first kappa shape index (κ1) is 46.9. The molecule has 0 radical (unpaired) electrons. The van der Waals surface area contributed by atoms with Crippen molar-refractivity contribution in [1.29, 1.82) is 0 Å². The lowest BCUT2D eigenvalue weighted by Gasteiger charge is -2.40. The fraction of sp³-hybridized carbons (Fsp3) is 0.442. The summed E-state index contributed by atoms with van der Waals surface area (Å²) >= 11 is 11.7. The molecule has 0 unspecified atom stereocenters. The molecule has 3 fully saturated rings. The number of phenols is 1. The summed E-state index contributed by atoms with van der Waals surface area (Å²) in [6, 6.07) is 13.8. The number of nitrogens with one attached hydrogen (secondary N) is 1. The number of aromatic nitrogens is 10. The van der Waals surface area contributed by atoms with E-state index in [-0.39, 0.29) is 5.75 Å². The summed E-state index contributed by atoms with van der Waals surface area (Å²) in [5.41, 5.74) is 21.7. The van der Waals surface area contributed by atoms with Crippen LogP contribution in [0.5, 0.6) is 5.75 Å². The molecular weight excluding hydrogens is 870 g/mol. The number of nitrogen functional groups attached to an aromatic ring is 3. The van der Waals surface area contributed by atoms with Gasteiger partial charge in [0.2, 0.25) is 0 Å². The van der Waals surface area contributed by atoms with Gasteiger partial charge in [0.25, 0.3) is 0 Å². The molecular formula is C43H59Cl2N19O. The molecule has 20 nitrogen and oxygen atoms in total. The molecule has 3 atom stereocenters. The molecule has 5 aromatic heterocycles. The molecule has 3 saturated heterocycles. The van der Waals surface area contributed by atoms with Gasteiger partial charge >= 0.3 is 0 Å². The van der Waals surface area contributed by atoms with Crippen LogP contribution in [0.3, 0.4) is 0 Å². The molecule has 1 aromatic carbocycles. The standard InChI is InChI=1S/C20H25N7O.C14H20ClN7.C9H14ClN5/c1-14-12-27(10-9-26(14)13-19-22-7-8-25(19)2)17-11-16(23-24-20(17)21)15-5-3-4-6-18(15)28;1-10-8-22(11-7-12(15)18-19-14(11)16)6-5-21(10)9-13-17-3-4-20(13)2;1-6-5-15(3-2-12-6)7-4-8(10)13-14-9(7)11/h3-8,11,14,28H,9-10,12-13H2,1-2H3,(H2,21,24);3-4,7,10H,5-6,8-9H2,1-2H3,(H2,16,19);4,6,12H,2-3,5H2,1H3,(H2,11,14)/t14-;10-;6-/m000/s1. The average Bonchev–Trinajstić information content (AvgIpc) is 3.90. The van der Waals surface area contributed by atoms with Crippen molar-refractivity contribution < 1.29 is 5.11 Å². The Bertz CT molecular complexity index is 2500. The van der Waals surface area contributed by atoms with E-state index in [1.807, 2.05) is 57.1 Å². The van der Waals surface area contributed by atoms with Gasteiger partial charge in [-0.1, -0.05) is 35.3 Å². The van der Waals surface area contributed by atoms with Gasteiger partial charge in [0, 0.05) is 134 Å². The van der Waals surface area contributed by atoms with E-state index >= 15 is 0 Å². The fourth-order valence-electron chi connectivity index (χ4n) is 8.22. The Hall–Kier alpha value is -6.06. The number of nitrogens with two attached hydrogens (primary N) is 3. The highest BCUT2D eigenvalue weighted by molar-refractivity contribution is 6.30. The van der Waals surface area contributed by atoms with Gasteiger partial charge in [0.15, 0.2) is 27.8 Å². The van der Waals surface area contributed by atoms with Gasteiger partial charge in [-0.2, -0.15) is 0 Å². The maximum Gasteiger partial charge on any atom is 0.169 e. The van der Waals surface area contributed by atoms with Crippen molar-refractivity contribution in [2.75, 3.05) is 90.8 Å². The van der Waals surface area contributed by atoms with Gasteiger partial charge in [-0.3, -0.25) is 9.80 Å². The summed E-state index contributed by atoms with van der Waals surface area (Å²) in [5, 5.41) is 37.7. The molecule has 8 N–H and O–H groups in total. The molecule has 65 heavy (non-hydrogen) atoms. The number of piperazine rings is 3. The molecule has 0 bridgehead atoms. The highest BCUT2D eigenvalue weighted by Crippen LogP contribution is 2.33. The largest absolute Gasteiger partial charge is 0.507 e. The zero-order chi connectivity index (χ0) is 46.2. The van der Waals surface area contributed by atoms with Crippen LogP contribution in [0, 0.1) is 0 Å². The molecule has 0 aliphatic carbocycles. The Balaban J connectivity index is 0.000000152. The molecule has 6 aromatic rings. The number of para-hydroxylation sites is 1. The molecule has 0 spiro atoms. The summed E-state index contributed by atoms with van der Waals surface area (Å²) in [7, 11) is 4.04. The number of hydrogen-bond acceptors (Lipinski definition) is 18. The fourth-order valence-corrected chi connectivity index (χ4v) is 8.50. The van der Waals surface area contributed by atoms with E-state index in [9.17, 15) is 5.11 Å². The molecule has 0 amide bonds. The minimum absolute atomic E-state index is 0.181. The van der Waals surface area contributed by atoms with Crippen molar-refractivity contribution in [2.24, 2.45) is 14.1 Å². The maximum absolute atomic E-state index is 10.1. The number of nitrogens with zero attached hydrogens (tertiary/aromatic N) is 15. The van der Waals surface area contributed by atoms with E-state index < -0.39 is 0 Å². The highest BCUT2D eigenvalue weighted by atomic mass is 35.5. The second kappa shape index (κ2) is 21.3. The first-order valence-electron chi connectivity index (χ1n) is 21.6. The summed E-state index contributed by atoms with van der Waals surface area (Å²) in [6.07, 6.45) is 7.61. The van der Waals surface area contributed by atoms with Gasteiger partial charge < -0.3 is 51.5 Å². The van der Waals surface area contributed by atoms with Crippen LogP contribution < -0.4 is 37.2 Å². The number of imidazole rings is 2. The van der Waals surface area contributed by atoms with E-state index in [0.717, 1.165) is 101 Å². The quantitative estimate of drug-likeness (QED) is 0.147. The number of halogens is 2. The Labute approximate surface area is 389 Å². The van der Waals surface area contributed by atoms with Gasteiger partial charge in [-0.05, 0) is 39.0 Å². The van der Waals surface area contributed by atoms with Gasteiger partial charge in [0.05, 0.1) is 35.8 Å². The zero-order valence-corrected chi connectivity index (χ0v) is 39.0. The van der Waals surface area contributed by atoms with E-state index in [1.54, 1.807) is 24.3 Å². The van der Waals surface area contributed by atoms with E-state index in [2.05, 4.69) is 100 Å². The predicted octanol–water partition coefficient (Wildman–Crippen LogP) is 3.54. The number of rotatable bonds is 8. The number of hydrogen-bond donors (Lipinski definition) is 5. The lowest BCUT2D eigenvalue weighted by atomic mass is 10.1. The predicted molar refractivity (Wildman–Crippen MR) is 257 cm³/mol. The summed E-state index contributed by atoms with van der Waals surface area (Å²) in [4.78, 5) is 20.3. The van der Waals surface area contributed by atoms with Crippen LogP contribution in [0.25, 0.3) is 11.3 Å². The Morgan fingerprint density at radius 2 is 1.11 bits per heavy atom. The molecule has 3 aliphatic heterocycles. The van der Waals surface area contributed by atoms with Crippen LogP contribution in [0.4, 0.5) is 34.5 Å². The molecule has 3 aliphatic rings. The molecule has 346 valence electrons. The lowest BCUT2D eigenvalue weighted by molar-refractivity contribution is 0.175. The van der Waals surface area contributed by atoms with Crippen LogP contribution in [-0.4, -0.2) is 142 Å². The van der Waals surface area contributed by atoms with Crippen LogP contribution in [0.15, 0.2) is 67.3 Å². The minimum Gasteiger partial charge on any atom is -0.507 e. The van der Waals surface area contributed by atoms with Gasteiger partial charge in [-0.25, -0.2) is 9.97 Å². The molecule has 8 heterocycles. The monoisotopic (exact) mass is 927 g/mol.